The molecule has 0 saturated carbocycles. The number of hydrogen-bond acceptors (Lipinski definition) is 3. The van der Waals surface area contributed by atoms with Crippen LogP contribution in [0.5, 0.6) is 11.5 Å². The number of carbonyl (C=O) groups is 1. The second-order valence-electron chi connectivity index (χ2n) is 4.63. The van der Waals surface area contributed by atoms with Gasteiger partial charge in [0.05, 0.1) is 7.11 Å². The molecule has 0 aromatic heterocycles. The van der Waals surface area contributed by atoms with E-state index in [0.29, 0.717) is 11.4 Å². The summed E-state index contributed by atoms with van der Waals surface area (Å²) in [5.41, 5.74) is 2.94. The Labute approximate surface area is 118 Å². The highest BCUT2D eigenvalue weighted by Gasteiger charge is 2.17. The quantitative estimate of drug-likeness (QED) is 0.900. The fourth-order valence-electron chi connectivity index (χ4n) is 2.06. The topological polar surface area (TPSA) is 58.6 Å². The normalized spacial score (nSPS) is 10.2. The van der Waals surface area contributed by atoms with Crippen LogP contribution in [0.4, 0.5) is 5.69 Å². The average Bonchev–Trinajstić information content (AvgIpc) is 2.41. The fourth-order valence-corrected chi connectivity index (χ4v) is 2.06. The molecular formula is C16H17NO3. The molecule has 104 valence electrons. The van der Waals surface area contributed by atoms with Crippen LogP contribution in [0.3, 0.4) is 0 Å². The van der Waals surface area contributed by atoms with Crippen LogP contribution in [0.2, 0.25) is 0 Å². The first-order chi connectivity index (χ1) is 9.52. The van der Waals surface area contributed by atoms with Crippen molar-refractivity contribution in [3.8, 4) is 11.5 Å². The van der Waals surface area contributed by atoms with Crippen LogP contribution < -0.4 is 10.1 Å². The number of phenols is 1. The predicted molar refractivity (Wildman–Crippen MR) is 78.5 cm³/mol. The monoisotopic (exact) mass is 271 g/mol. The minimum Gasteiger partial charge on any atom is -0.507 e. The summed E-state index contributed by atoms with van der Waals surface area (Å²) in [7, 11) is 1.46. The first-order valence-corrected chi connectivity index (χ1v) is 6.27. The fraction of sp³-hybridized carbons (Fsp3) is 0.188. The van der Waals surface area contributed by atoms with Crippen LogP contribution in [0.1, 0.15) is 21.5 Å². The van der Waals surface area contributed by atoms with E-state index in [1.165, 1.54) is 13.2 Å². The van der Waals surface area contributed by atoms with Gasteiger partial charge >= 0.3 is 0 Å². The molecule has 4 heteroatoms. The number of benzene rings is 2. The number of amides is 1. The van der Waals surface area contributed by atoms with Gasteiger partial charge in [-0.25, -0.2) is 0 Å². The van der Waals surface area contributed by atoms with Crippen LogP contribution >= 0.6 is 0 Å². The molecule has 4 nitrogen and oxygen atoms in total. The van der Waals surface area contributed by atoms with Crippen molar-refractivity contribution in [2.24, 2.45) is 0 Å². The Morgan fingerprint density at radius 2 is 1.95 bits per heavy atom. The summed E-state index contributed by atoms with van der Waals surface area (Å²) in [6.07, 6.45) is 0. The molecule has 0 heterocycles. The molecule has 2 N–H and O–H groups in total. The minimum absolute atomic E-state index is 0.105. The van der Waals surface area contributed by atoms with E-state index in [4.69, 9.17) is 4.74 Å². The Kier molecular flexibility index (Phi) is 3.94. The third kappa shape index (κ3) is 2.74. The van der Waals surface area contributed by atoms with Gasteiger partial charge in [0.15, 0.2) is 0 Å². The van der Waals surface area contributed by atoms with Gasteiger partial charge in [0.2, 0.25) is 0 Å². The molecule has 0 unspecified atom stereocenters. The lowest BCUT2D eigenvalue weighted by molar-refractivity contribution is 0.102. The Bertz CT molecular complexity index is 650. The van der Waals surface area contributed by atoms with Crippen molar-refractivity contribution in [1.82, 2.24) is 0 Å². The smallest absolute Gasteiger partial charge is 0.263 e. The molecule has 0 spiro atoms. The molecule has 0 fully saturated rings. The number of hydrogen-bond donors (Lipinski definition) is 2. The van der Waals surface area contributed by atoms with E-state index in [2.05, 4.69) is 5.32 Å². The van der Waals surface area contributed by atoms with Gasteiger partial charge in [-0.1, -0.05) is 23.8 Å². The molecule has 0 saturated heterocycles. The highest BCUT2D eigenvalue weighted by Crippen LogP contribution is 2.28. The molecule has 0 atom stereocenters. The first-order valence-electron chi connectivity index (χ1n) is 6.27. The zero-order valence-corrected chi connectivity index (χ0v) is 11.7. The number of methoxy groups -OCH3 is 1. The van der Waals surface area contributed by atoms with Gasteiger partial charge in [0.1, 0.15) is 17.1 Å². The molecule has 2 aromatic carbocycles. The molecular weight excluding hydrogens is 254 g/mol. The van der Waals surface area contributed by atoms with Gasteiger partial charge in [-0.2, -0.15) is 0 Å². The summed E-state index contributed by atoms with van der Waals surface area (Å²) < 4.78 is 5.11. The molecule has 0 aliphatic carbocycles. The molecule has 0 radical (unpaired) electrons. The minimum atomic E-state index is -0.396. The maximum atomic E-state index is 12.3. The number of phenolic OH excluding ortho intramolecular Hbond substituents is 1. The first kappa shape index (κ1) is 13.9. The van der Waals surface area contributed by atoms with Gasteiger partial charge in [-0.05, 0) is 37.6 Å². The average molecular weight is 271 g/mol. The van der Waals surface area contributed by atoms with E-state index in [9.17, 15) is 9.90 Å². The molecule has 2 rings (SSSR count). The van der Waals surface area contributed by atoms with E-state index < -0.39 is 5.91 Å². The molecule has 1 amide bonds. The standard InChI is InChI=1S/C16H17NO3/c1-10-7-8-12(11(2)9-10)17-16(19)15-13(18)5-4-6-14(15)20-3/h4-9,18H,1-3H3,(H,17,19). The number of rotatable bonds is 3. The van der Waals surface area contributed by atoms with Crippen molar-refractivity contribution in [3.63, 3.8) is 0 Å². The van der Waals surface area contributed by atoms with E-state index in [-0.39, 0.29) is 11.3 Å². The van der Waals surface area contributed by atoms with Crippen LogP contribution in [-0.4, -0.2) is 18.1 Å². The lowest BCUT2D eigenvalue weighted by Gasteiger charge is -2.12. The summed E-state index contributed by atoms with van der Waals surface area (Å²) in [4.78, 5) is 12.3. The number of aromatic hydroxyl groups is 1. The van der Waals surface area contributed by atoms with Gasteiger partial charge in [0.25, 0.3) is 5.91 Å². The van der Waals surface area contributed by atoms with Crippen molar-refractivity contribution in [3.05, 3.63) is 53.1 Å². The van der Waals surface area contributed by atoms with Crippen molar-refractivity contribution in [2.45, 2.75) is 13.8 Å². The van der Waals surface area contributed by atoms with Crippen molar-refractivity contribution < 1.29 is 14.6 Å². The van der Waals surface area contributed by atoms with Gasteiger partial charge in [0, 0.05) is 5.69 Å². The number of carbonyl (C=O) groups excluding carboxylic acids is 1. The Hall–Kier alpha value is -2.49. The van der Waals surface area contributed by atoms with E-state index >= 15 is 0 Å². The van der Waals surface area contributed by atoms with Crippen LogP contribution in [0, 0.1) is 13.8 Å². The highest BCUT2D eigenvalue weighted by molar-refractivity contribution is 6.08. The molecule has 0 aliphatic heterocycles. The number of aryl methyl sites for hydroxylation is 2. The van der Waals surface area contributed by atoms with Gasteiger partial charge in [-0.3, -0.25) is 4.79 Å². The second-order valence-corrected chi connectivity index (χ2v) is 4.63. The van der Waals surface area contributed by atoms with E-state index in [1.54, 1.807) is 12.1 Å². The van der Waals surface area contributed by atoms with E-state index in [0.717, 1.165) is 11.1 Å². The summed E-state index contributed by atoms with van der Waals surface area (Å²) in [5.74, 6) is -0.161. The highest BCUT2D eigenvalue weighted by atomic mass is 16.5. The van der Waals surface area contributed by atoms with Crippen molar-refractivity contribution >= 4 is 11.6 Å². The summed E-state index contributed by atoms with van der Waals surface area (Å²) in [6.45, 7) is 3.91. The zero-order valence-electron chi connectivity index (χ0n) is 11.7. The largest absolute Gasteiger partial charge is 0.507 e. The van der Waals surface area contributed by atoms with Crippen molar-refractivity contribution in [2.75, 3.05) is 12.4 Å². The third-order valence-corrected chi connectivity index (χ3v) is 3.08. The van der Waals surface area contributed by atoms with E-state index in [1.807, 2.05) is 32.0 Å². The maximum absolute atomic E-state index is 12.3. The summed E-state index contributed by atoms with van der Waals surface area (Å²) >= 11 is 0. The Morgan fingerprint density at radius 3 is 2.60 bits per heavy atom. The lowest BCUT2D eigenvalue weighted by atomic mass is 10.1. The second kappa shape index (κ2) is 5.65. The lowest BCUT2D eigenvalue weighted by Crippen LogP contribution is -2.14. The number of anilines is 1. The van der Waals surface area contributed by atoms with Gasteiger partial charge in [-0.15, -0.1) is 0 Å². The van der Waals surface area contributed by atoms with Gasteiger partial charge < -0.3 is 15.2 Å². The molecule has 2 aromatic rings. The van der Waals surface area contributed by atoms with Crippen molar-refractivity contribution in [1.29, 1.82) is 0 Å². The Balaban J connectivity index is 2.33. The SMILES string of the molecule is COc1cccc(O)c1C(=O)Nc1ccc(C)cc1C. The van der Waals surface area contributed by atoms with Crippen LogP contribution in [0.25, 0.3) is 0 Å². The molecule has 0 bridgehead atoms. The van der Waals surface area contributed by atoms with Crippen LogP contribution in [-0.2, 0) is 0 Å². The summed E-state index contributed by atoms with van der Waals surface area (Å²) in [6, 6.07) is 10.5. The number of ether oxygens (including phenoxy) is 1. The third-order valence-electron chi connectivity index (χ3n) is 3.08. The number of nitrogens with one attached hydrogen (secondary N) is 1. The van der Waals surface area contributed by atoms with Crippen LogP contribution in [0.15, 0.2) is 36.4 Å². The zero-order chi connectivity index (χ0) is 14.7. The predicted octanol–water partition coefficient (Wildman–Crippen LogP) is 3.27. The Morgan fingerprint density at radius 1 is 1.20 bits per heavy atom. The summed E-state index contributed by atoms with van der Waals surface area (Å²) in [5, 5.41) is 12.6. The maximum Gasteiger partial charge on any atom is 0.263 e. The molecule has 20 heavy (non-hydrogen) atoms. The molecule has 0 aliphatic rings.